The third kappa shape index (κ3) is 5.14. The summed E-state index contributed by atoms with van der Waals surface area (Å²) in [5.74, 6) is -0.504. The Bertz CT molecular complexity index is 681. The molecule has 1 aromatic carbocycles. The predicted octanol–water partition coefficient (Wildman–Crippen LogP) is 2.41. The number of rotatable bonds is 6. The molecule has 1 aromatic heterocycles. The van der Waals surface area contributed by atoms with Crippen LogP contribution in [0.2, 0.25) is 0 Å². The second kappa shape index (κ2) is 8.41. The van der Waals surface area contributed by atoms with Crippen LogP contribution in [-0.2, 0) is 6.42 Å². The van der Waals surface area contributed by atoms with E-state index in [1.807, 2.05) is 18.2 Å². The number of hydrogen-bond acceptors (Lipinski definition) is 4. The fourth-order valence-electron chi connectivity index (χ4n) is 2.76. The third-order valence-electron chi connectivity index (χ3n) is 4.06. The van der Waals surface area contributed by atoms with Crippen molar-refractivity contribution >= 4 is 6.03 Å². The van der Waals surface area contributed by atoms with Gasteiger partial charge in [-0.3, -0.25) is 0 Å². The maximum Gasteiger partial charge on any atom is 0.317 e. The van der Waals surface area contributed by atoms with Crippen LogP contribution in [0.25, 0.3) is 0 Å². The number of hydrogen-bond donors (Lipinski definition) is 1. The lowest BCUT2D eigenvalue weighted by atomic mass is 10.1. The minimum atomic E-state index is -0.504. The Kier molecular flexibility index (Phi) is 5.77. The van der Waals surface area contributed by atoms with Crippen molar-refractivity contribution in [3.8, 4) is 6.01 Å². The normalized spacial score (nSPS) is 16.7. The lowest BCUT2D eigenvalue weighted by Gasteiger charge is -2.17. The number of benzene rings is 1. The van der Waals surface area contributed by atoms with Gasteiger partial charge in [-0.05, 0) is 18.4 Å². The Balaban J connectivity index is 1.36. The van der Waals surface area contributed by atoms with Gasteiger partial charge < -0.3 is 15.0 Å². The number of urea groups is 1. The van der Waals surface area contributed by atoms with Crippen LogP contribution in [0, 0.1) is 5.82 Å². The number of nitrogens with one attached hydrogen (secondary N) is 1. The maximum absolute atomic E-state index is 12.8. The molecule has 2 aromatic rings. The van der Waals surface area contributed by atoms with E-state index in [1.54, 1.807) is 4.90 Å². The highest BCUT2D eigenvalue weighted by molar-refractivity contribution is 5.74. The summed E-state index contributed by atoms with van der Waals surface area (Å²) in [6.07, 6.45) is 4.50. The number of aryl methyl sites for hydroxylation is 1. The summed E-state index contributed by atoms with van der Waals surface area (Å²) in [7, 11) is 0. The van der Waals surface area contributed by atoms with Crippen LogP contribution in [0.3, 0.4) is 0 Å². The van der Waals surface area contributed by atoms with Crippen molar-refractivity contribution in [2.24, 2.45) is 0 Å². The first kappa shape index (κ1) is 17.1. The van der Waals surface area contributed by atoms with Crippen LogP contribution >= 0.6 is 0 Å². The summed E-state index contributed by atoms with van der Waals surface area (Å²) in [6, 6.07) is 10.2. The molecule has 0 bridgehead atoms. The molecular weight excluding hydrogens is 323 g/mol. The average Bonchev–Trinajstić information content (AvgIpc) is 3.10. The number of likely N-dealkylation sites (tertiary alicyclic amines) is 1. The summed E-state index contributed by atoms with van der Waals surface area (Å²) >= 11 is 0. The van der Waals surface area contributed by atoms with Gasteiger partial charge in [-0.2, -0.15) is 0 Å². The highest BCUT2D eigenvalue weighted by Crippen LogP contribution is 2.15. The molecule has 25 heavy (non-hydrogen) atoms. The van der Waals surface area contributed by atoms with E-state index in [0.29, 0.717) is 26.1 Å². The third-order valence-corrected chi connectivity index (χ3v) is 4.06. The van der Waals surface area contributed by atoms with E-state index in [9.17, 15) is 9.18 Å². The summed E-state index contributed by atoms with van der Waals surface area (Å²) in [6.45, 7) is 1.73. The zero-order chi connectivity index (χ0) is 17.5. The Morgan fingerprint density at radius 3 is 2.80 bits per heavy atom. The molecule has 2 amide bonds. The van der Waals surface area contributed by atoms with Crippen LogP contribution < -0.4 is 10.1 Å². The van der Waals surface area contributed by atoms with Crippen LogP contribution in [0.1, 0.15) is 18.4 Å². The molecule has 1 aliphatic rings. The topological polar surface area (TPSA) is 67.4 Å². The van der Waals surface area contributed by atoms with Gasteiger partial charge in [0.15, 0.2) is 5.82 Å². The molecule has 1 fully saturated rings. The van der Waals surface area contributed by atoms with Crippen molar-refractivity contribution in [3.63, 3.8) is 0 Å². The zero-order valence-corrected chi connectivity index (χ0v) is 13.9. The molecule has 0 spiro atoms. The van der Waals surface area contributed by atoms with E-state index >= 15 is 0 Å². The maximum atomic E-state index is 12.8. The van der Waals surface area contributed by atoms with E-state index in [-0.39, 0.29) is 18.1 Å². The molecule has 7 heteroatoms. The minimum absolute atomic E-state index is 0.0841. The Labute approximate surface area is 146 Å². The van der Waals surface area contributed by atoms with Gasteiger partial charge in [-0.15, -0.1) is 0 Å². The Morgan fingerprint density at radius 2 is 2.04 bits per heavy atom. The standard InChI is InChI=1S/C18H21FN4O2/c19-15-11-21-17(22-12-15)25-16-8-10-23(13-16)18(24)20-9-4-7-14-5-2-1-3-6-14/h1-3,5-6,11-12,16H,4,7-10,13H2,(H,20,24)/t16-/m0/s1. The largest absolute Gasteiger partial charge is 0.458 e. The first-order chi connectivity index (χ1) is 12.2. The van der Waals surface area contributed by atoms with Gasteiger partial charge in [-0.1, -0.05) is 30.3 Å². The summed E-state index contributed by atoms with van der Waals surface area (Å²) in [5.41, 5.74) is 1.27. The minimum Gasteiger partial charge on any atom is -0.458 e. The summed E-state index contributed by atoms with van der Waals surface area (Å²) in [4.78, 5) is 21.4. The highest BCUT2D eigenvalue weighted by atomic mass is 19.1. The average molecular weight is 344 g/mol. The zero-order valence-electron chi connectivity index (χ0n) is 13.9. The van der Waals surface area contributed by atoms with Crippen molar-refractivity contribution in [1.82, 2.24) is 20.2 Å². The molecule has 132 valence electrons. The van der Waals surface area contributed by atoms with E-state index in [2.05, 4.69) is 27.4 Å². The van der Waals surface area contributed by atoms with Crippen molar-refractivity contribution in [3.05, 3.63) is 54.1 Å². The predicted molar refractivity (Wildman–Crippen MR) is 90.8 cm³/mol. The summed E-state index contributed by atoms with van der Waals surface area (Å²) < 4.78 is 18.4. The van der Waals surface area contributed by atoms with Crippen LogP contribution in [0.4, 0.5) is 9.18 Å². The molecule has 0 aliphatic carbocycles. The molecule has 1 N–H and O–H groups in total. The smallest absolute Gasteiger partial charge is 0.317 e. The number of halogens is 1. The molecule has 6 nitrogen and oxygen atoms in total. The van der Waals surface area contributed by atoms with E-state index in [1.165, 1.54) is 5.56 Å². The number of nitrogens with zero attached hydrogens (tertiary/aromatic N) is 3. The first-order valence-corrected chi connectivity index (χ1v) is 8.41. The van der Waals surface area contributed by atoms with E-state index in [0.717, 1.165) is 25.2 Å². The molecule has 1 aliphatic heterocycles. The van der Waals surface area contributed by atoms with E-state index < -0.39 is 5.82 Å². The highest BCUT2D eigenvalue weighted by Gasteiger charge is 2.28. The number of carbonyl (C=O) groups is 1. The molecule has 2 heterocycles. The Morgan fingerprint density at radius 1 is 1.28 bits per heavy atom. The second-order valence-corrected chi connectivity index (χ2v) is 5.98. The SMILES string of the molecule is O=C(NCCCc1ccccc1)N1CC[C@H](Oc2ncc(F)cn2)C1. The lowest BCUT2D eigenvalue weighted by Crippen LogP contribution is -2.39. The molecule has 1 atom stereocenters. The van der Waals surface area contributed by atoms with Crippen LogP contribution in [0.5, 0.6) is 6.01 Å². The summed E-state index contributed by atoms with van der Waals surface area (Å²) in [5, 5.41) is 2.94. The number of aromatic nitrogens is 2. The first-order valence-electron chi connectivity index (χ1n) is 8.41. The van der Waals surface area contributed by atoms with Crippen LogP contribution in [-0.4, -0.2) is 46.6 Å². The molecular formula is C18H21FN4O2. The van der Waals surface area contributed by atoms with Crippen molar-refractivity contribution in [2.45, 2.75) is 25.4 Å². The van der Waals surface area contributed by atoms with E-state index in [4.69, 9.17) is 4.74 Å². The molecule has 0 radical (unpaired) electrons. The van der Waals surface area contributed by atoms with Crippen LogP contribution in [0.15, 0.2) is 42.7 Å². The molecule has 0 saturated carbocycles. The number of ether oxygens (including phenoxy) is 1. The van der Waals surface area contributed by atoms with Gasteiger partial charge in [-0.25, -0.2) is 19.2 Å². The number of amides is 2. The van der Waals surface area contributed by atoms with Gasteiger partial charge in [0.05, 0.1) is 18.9 Å². The quantitative estimate of drug-likeness (QED) is 0.817. The fraction of sp³-hybridized carbons (Fsp3) is 0.389. The van der Waals surface area contributed by atoms with Crippen molar-refractivity contribution < 1.29 is 13.9 Å². The Hall–Kier alpha value is -2.70. The van der Waals surface area contributed by atoms with Gasteiger partial charge in [0.1, 0.15) is 6.10 Å². The lowest BCUT2D eigenvalue weighted by molar-refractivity contribution is 0.178. The number of carbonyl (C=O) groups excluding carboxylic acids is 1. The molecule has 1 saturated heterocycles. The van der Waals surface area contributed by atoms with Crippen molar-refractivity contribution in [2.75, 3.05) is 19.6 Å². The van der Waals surface area contributed by atoms with Gasteiger partial charge in [0.25, 0.3) is 0 Å². The fourth-order valence-corrected chi connectivity index (χ4v) is 2.76. The monoisotopic (exact) mass is 344 g/mol. The van der Waals surface area contributed by atoms with Gasteiger partial charge >= 0.3 is 12.0 Å². The second-order valence-electron chi connectivity index (χ2n) is 5.98. The van der Waals surface area contributed by atoms with Gasteiger partial charge in [0, 0.05) is 19.5 Å². The molecule has 3 rings (SSSR count). The van der Waals surface area contributed by atoms with Gasteiger partial charge in [0.2, 0.25) is 0 Å². The van der Waals surface area contributed by atoms with Crippen molar-refractivity contribution in [1.29, 1.82) is 0 Å². The molecule has 0 unspecified atom stereocenters.